The van der Waals surface area contributed by atoms with Gasteiger partial charge in [0, 0.05) is 18.3 Å². The summed E-state index contributed by atoms with van der Waals surface area (Å²) in [5.74, 6) is 1.71. The summed E-state index contributed by atoms with van der Waals surface area (Å²) in [4.78, 5) is 27.6. The summed E-state index contributed by atoms with van der Waals surface area (Å²) in [6, 6.07) is 15.5. The van der Waals surface area contributed by atoms with Crippen molar-refractivity contribution in [2.75, 3.05) is 12.9 Å². The number of hydrogen-bond donors (Lipinski definition) is 1. The molecule has 2 aromatic rings. The van der Waals surface area contributed by atoms with Gasteiger partial charge in [-0.25, -0.2) is 0 Å². The van der Waals surface area contributed by atoms with Crippen LogP contribution in [0.25, 0.3) is 0 Å². The fourth-order valence-corrected chi connectivity index (χ4v) is 3.99. The SMILES string of the molecule is CCC(C)NC(=O)C(C)N(Cc1cccc(C)c1)C(=O)CSCc1ccc(OC)cc1. The van der Waals surface area contributed by atoms with Crippen molar-refractivity contribution in [3.63, 3.8) is 0 Å². The molecule has 0 heterocycles. The molecule has 6 heteroatoms. The first-order valence-corrected chi connectivity index (χ1v) is 11.9. The minimum absolute atomic E-state index is 0.0354. The summed E-state index contributed by atoms with van der Waals surface area (Å²) in [6.45, 7) is 8.25. The Morgan fingerprint density at radius 1 is 1.10 bits per heavy atom. The molecule has 2 atom stereocenters. The van der Waals surface area contributed by atoms with E-state index in [0.717, 1.165) is 34.6 Å². The minimum atomic E-state index is -0.538. The summed E-state index contributed by atoms with van der Waals surface area (Å²) in [5.41, 5.74) is 3.29. The summed E-state index contributed by atoms with van der Waals surface area (Å²) in [6.07, 6.45) is 0.849. The van der Waals surface area contributed by atoms with E-state index in [4.69, 9.17) is 4.74 Å². The first-order chi connectivity index (χ1) is 14.8. The van der Waals surface area contributed by atoms with Crippen molar-refractivity contribution in [2.45, 2.75) is 58.5 Å². The lowest BCUT2D eigenvalue weighted by molar-refractivity contribution is -0.138. The maximum atomic E-state index is 13.1. The number of benzene rings is 2. The van der Waals surface area contributed by atoms with E-state index in [9.17, 15) is 9.59 Å². The summed E-state index contributed by atoms with van der Waals surface area (Å²) in [5, 5.41) is 3.00. The van der Waals surface area contributed by atoms with Gasteiger partial charge in [-0.05, 0) is 50.5 Å². The summed E-state index contributed by atoms with van der Waals surface area (Å²) in [7, 11) is 1.64. The molecule has 0 aliphatic heterocycles. The van der Waals surface area contributed by atoms with Gasteiger partial charge >= 0.3 is 0 Å². The fraction of sp³-hybridized carbons (Fsp3) is 0.440. The highest BCUT2D eigenvalue weighted by Gasteiger charge is 2.26. The van der Waals surface area contributed by atoms with Crippen molar-refractivity contribution in [3.8, 4) is 5.75 Å². The van der Waals surface area contributed by atoms with E-state index in [1.165, 1.54) is 0 Å². The van der Waals surface area contributed by atoms with Crippen molar-refractivity contribution in [3.05, 3.63) is 65.2 Å². The smallest absolute Gasteiger partial charge is 0.242 e. The van der Waals surface area contributed by atoms with Crippen LogP contribution in [-0.4, -0.2) is 41.7 Å². The summed E-state index contributed by atoms with van der Waals surface area (Å²) < 4.78 is 5.19. The zero-order valence-corrected chi connectivity index (χ0v) is 20.0. The van der Waals surface area contributed by atoms with E-state index in [1.54, 1.807) is 30.7 Å². The largest absolute Gasteiger partial charge is 0.497 e. The van der Waals surface area contributed by atoms with Crippen molar-refractivity contribution in [2.24, 2.45) is 0 Å². The van der Waals surface area contributed by atoms with E-state index >= 15 is 0 Å². The number of amides is 2. The molecule has 0 spiro atoms. The normalized spacial score (nSPS) is 12.7. The molecule has 168 valence electrons. The first-order valence-electron chi connectivity index (χ1n) is 10.7. The molecular weight excluding hydrogens is 408 g/mol. The van der Waals surface area contributed by atoms with Crippen LogP contribution in [0.15, 0.2) is 48.5 Å². The van der Waals surface area contributed by atoms with Crippen LogP contribution in [0.5, 0.6) is 5.75 Å². The van der Waals surface area contributed by atoms with Crippen LogP contribution in [0, 0.1) is 6.92 Å². The molecule has 2 amide bonds. The second kappa shape index (κ2) is 12.4. The van der Waals surface area contributed by atoms with Gasteiger partial charge in [0.2, 0.25) is 11.8 Å². The van der Waals surface area contributed by atoms with E-state index in [0.29, 0.717) is 12.3 Å². The monoisotopic (exact) mass is 442 g/mol. The van der Waals surface area contributed by atoms with Gasteiger partial charge in [-0.3, -0.25) is 9.59 Å². The van der Waals surface area contributed by atoms with Crippen LogP contribution in [0.1, 0.15) is 43.9 Å². The molecule has 0 aromatic heterocycles. The molecule has 31 heavy (non-hydrogen) atoms. The highest BCUT2D eigenvalue weighted by atomic mass is 32.2. The predicted molar refractivity (Wildman–Crippen MR) is 128 cm³/mol. The minimum Gasteiger partial charge on any atom is -0.497 e. The molecule has 2 aromatic carbocycles. The highest BCUT2D eigenvalue weighted by Crippen LogP contribution is 2.19. The second-order valence-electron chi connectivity index (χ2n) is 7.85. The molecule has 0 saturated carbocycles. The fourth-order valence-electron chi connectivity index (χ4n) is 3.12. The number of hydrogen-bond acceptors (Lipinski definition) is 4. The topological polar surface area (TPSA) is 58.6 Å². The molecule has 0 aliphatic rings. The molecular formula is C25H34N2O3S. The number of carbonyl (C=O) groups is 2. The average molecular weight is 443 g/mol. The lowest BCUT2D eigenvalue weighted by atomic mass is 10.1. The number of nitrogens with one attached hydrogen (secondary N) is 1. The zero-order chi connectivity index (χ0) is 22.8. The van der Waals surface area contributed by atoms with Crippen molar-refractivity contribution >= 4 is 23.6 Å². The Morgan fingerprint density at radius 3 is 2.42 bits per heavy atom. The van der Waals surface area contributed by atoms with Crippen LogP contribution in [0.4, 0.5) is 0 Å². The molecule has 0 aliphatic carbocycles. The Labute approximate surface area is 190 Å². The van der Waals surface area contributed by atoms with Gasteiger partial charge in [-0.1, -0.05) is 48.9 Å². The maximum absolute atomic E-state index is 13.1. The Hall–Kier alpha value is -2.47. The third kappa shape index (κ3) is 7.94. The lowest BCUT2D eigenvalue weighted by Crippen LogP contribution is -2.50. The highest BCUT2D eigenvalue weighted by molar-refractivity contribution is 7.99. The van der Waals surface area contributed by atoms with Crippen LogP contribution in [0.2, 0.25) is 0 Å². The molecule has 0 radical (unpaired) electrons. The predicted octanol–water partition coefficient (Wildman–Crippen LogP) is 4.57. The Morgan fingerprint density at radius 2 is 1.81 bits per heavy atom. The zero-order valence-electron chi connectivity index (χ0n) is 19.2. The number of methoxy groups -OCH3 is 1. The lowest BCUT2D eigenvalue weighted by Gasteiger charge is -2.29. The van der Waals surface area contributed by atoms with Gasteiger partial charge in [-0.15, -0.1) is 11.8 Å². The second-order valence-corrected chi connectivity index (χ2v) is 8.83. The van der Waals surface area contributed by atoms with Gasteiger partial charge in [0.15, 0.2) is 0 Å². The molecule has 5 nitrogen and oxygen atoms in total. The Bertz CT molecular complexity index is 854. The average Bonchev–Trinajstić information content (AvgIpc) is 2.77. The molecule has 2 unspecified atom stereocenters. The molecule has 1 N–H and O–H groups in total. The third-order valence-electron chi connectivity index (χ3n) is 5.26. The number of thioether (sulfide) groups is 1. The van der Waals surface area contributed by atoms with E-state index in [2.05, 4.69) is 11.4 Å². The quantitative estimate of drug-likeness (QED) is 0.554. The molecule has 0 bridgehead atoms. The Balaban J connectivity index is 2.06. The standard InChI is InChI=1S/C25H34N2O3S/c1-6-19(3)26-25(29)20(4)27(15-22-9-7-8-18(2)14-22)24(28)17-31-16-21-10-12-23(30-5)13-11-21/h7-14,19-20H,6,15-17H2,1-5H3,(H,26,29). The number of carbonyl (C=O) groups excluding carboxylic acids is 2. The van der Waals surface area contributed by atoms with Crippen molar-refractivity contribution < 1.29 is 14.3 Å². The van der Waals surface area contributed by atoms with Gasteiger partial charge < -0.3 is 15.0 Å². The van der Waals surface area contributed by atoms with E-state index in [1.807, 2.05) is 63.2 Å². The third-order valence-corrected chi connectivity index (χ3v) is 6.25. The van der Waals surface area contributed by atoms with E-state index in [-0.39, 0.29) is 17.9 Å². The van der Waals surface area contributed by atoms with Gasteiger partial charge in [0.05, 0.1) is 12.9 Å². The number of rotatable bonds is 11. The summed E-state index contributed by atoms with van der Waals surface area (Å²) >= 11 is 1.55. The molecule has 0 saturated heterocycles. The van der Waals surface area contributed by atoms with Gasteiger partial charge in [0.1, 0.15) is 11.8 Å². The molecule has 2 rings (SSSR count). The van der Waals surface area contributed by atoms with Crippen LogP contribution >= 0.6 is 11.8 Å². The maximum Gasteiger partial charge on any atom is 0.242 e. The first kappa shape index (κ1) is 24.8. The van der Waals surface area contributed by atoms with Crippen molar-refractivity contribution in [1.82, 2.24) is 10.2 Å². The number of ether oxygens (including phenoxy) is 1. The van der Waals surface area contributed by atoms with Crippen LogP contribution in [-0.2, 0) is 21.9 Å². The Kier molecular flexibility index (Phi) is 9.92. The molecule has 0 fully saturated rings. The van der Waals surface area contributed by atoms with Crippen LogP contribution in [0.3, 0.4) is 0 Å². The van der Waals surface area contributed by atoms with Crippen molar-refractivity contribution in [1.29, 1.82) is 0 Å². The number of nitrogens with zero attached hydrogens (tertiary/aromatic N) is 1. The number of aryl methyl sites for hydroxylation is 1. The van der Waals surface area contributed by atoms with Crippen LogP contribution < -0.4 is 10.1 Å². The van der Waals surface area contributed by atoms with E-state index < -0.39 is 6.04 Å². The van der Waals surface area contributed by atoms with Gasteiger partial charge in [-0.2, -0.15) is 0 Å². The van der Waals surface area contributed by atoms with Gasteiger partial charge in [0.25, 0.3) is 0 Å².